The smallest absolute Gasteiger partial charge is 0.269 e. The van der Waals surface area contributed by atoms with Crippen molar-refractivity contribution in [3.05, 3.63) is 46.5 Å². The van der Waals surface area contributed by atoms with Crippen molar-refractivity contribution in [2.75, 3.05) is 4.90 Å². The van der Waals surface area contributed by atoms with Gasteiger partial charge in [0, 0.05) is 12.1 Å². The molecular weight excluding hydrogens is 288 g/mol. The topological polar surface area (TPSA) is 89.8 Å². The lowest BCUT2D eigenvalue weighted by Crippen LogP contribution is -2.38. The standard InChI is InChI=1S/C15H12N2O5/c1-15-7-6-10(22-15)11-12(15)14(19)16(13(11)18)8-2-4-9(5-3-8)17(20)21/h2-7,10-12H,1H3/t10-,11+,12-,15+/m1/s1. The van der Waals surface area contributed by atoms with Gasteiger partial charge in [0.15, 0.2) is 0 Å². The summed E-state index contributed by atoms with van der Waals surface area (Å²) >= 11 is 0. The van der Waals surface area contributed by atoms with Gasteiger partial charge in [0.2, 0.25) is 11.8 Å². The number of carbonyl (C=O) groups excluding carboxylic acids is 2. The van der Waals surface area contributed by atoms with Gasteiger partial charge < -0.3 is 4.74 Å². The van der Waals surface area contributed by atoms with Crippen molar-refractivity contribution in [2.45, 2.75) is 18.6 Å². The van der Waals surface area contributed by atoms with Gasteiger partial charge in [-0.1, -0.05) is 12.2 Å². The normalized spacial score (nSPS) is 35.3. The van der Waals surface area contributed by atoms with E-state index in [2.05, 4.69) is 0 Å². The maximum Gasteiger partial charge on any atom is 0.269 e. The van der Waals surface area contributed by atoms with Crippen molar-refractivity contribution in [3.8, 4) is 0 Å². The summed E-state index contributed by atoms with van der Waals surface area (Å²) in [5.41, 5.74) is -0.462. The molecule has 0 N–H and O–H groups in total. The molecule has 2 saturated heterocycles. The molecule has 2 amide bonds. The number of nitro benzene ring substituents is 1. The molecule has 4 rings (SSSR count). The average molecular weight is 300 g/mol. The molecule has 4 atom stereocenters. The molecule has 0 spiro atoms. The number of anilines is 1. The van der Waals surface area contributed by atoms with Gasteiger partial charge in [-0.05, 0) is 19.1 Å². The van der Waals surface area contributed by atoms with Crippen molar-refractivity contribution in [1.29, 1.82) is 0 Å². The third-order valence-electron chi connectivity index (χ3n) is 4.65. The Morgan fingerprint density at radius 2 is 1.91 bits per heavy atom. The first-order chi connectivity index (χ1) is 10.4. The number of non-ortho nitro benzene ring substituents is 1. The molecule has 2 bridgehead atoms. The number of nitrogens with zero attached hydrogens (tertiary/aromatic N) is 2. The zero-order chi connectivity index (χ0) is 15.6. The highest BCUT2D eigenvalue weighted by Gasteiger charge is 2.66. The largest absolute Gasteiger partial charge is 0.362 e. The molecule has 0 radical (unpaired) electrons. The summed E-state index contributed by atoms with van der Waals surface area (Å²) < 4.78 is 5.73. The molecule has 3 heterocycles. The molecular formula is C15H12N2O5. The minimum atomic E-state index is -0.738. The molecule has 3 aliphatic rings. The van der Waals surface area contributed by atoms with E-state index in [0.29, 0.717) is 5.69 Å². The number of ether oxygens (including phenoxy) is 1. The van der Waals surface area contributed by atoms with Gasteiger partial charge in [-0.15, -0.1) is 0 Å². The van der Waals surface area contributed by atoms with Crippen LogP contribution in [0.2, 0.25) is 0 Å². The quantitative estimate of drug-likeness (QED) is 0.357. The summed E-state index contributed by atoms with van der Waals surface area (Å²) in [4.78, 5) is 36.6. The zero-order valence-corrected chi connectivity index (χ0v) is 11.6. The molecule has 0 saturated carbocycles. The summed E-state index contributed by atoms with van der Waals surface area (Å²) in [5.74, 6) is -1.64. The van der Waals surface area contributed by atoms with Crippen LogP contribution >= 0.6 is 0 Å². The number of carbonyl (C=O) groups is 2. The fourth-order valence-electron chi connectivity index (χ4n) is 3.63. The van der Waals surface area contributed by atoms with E-state index in [0.717, 1.165) is 4.90 Å². The number of fused-ring (bicyclic) bond motifs is 5. The van der Waals surface area contributed by atoms with Crippen LogP contribution in [0.25, 0.3) is 0 Å². The second-order valence-electron chi connectivity index (χ2n) is 5.91. The number of imide groups is 1. The molecule has 7 heteroatoms. The first-order valence-electron chi connectivity index (χ1n) is 6.92. The van der Waals surface area contributed by atoms with E-state index in [1.807, 2.05) is 12.2 Å². The number of amides is 2. The van der Waals surface area contributed by atoms with Gasteiger partial charge in [-0.3, -0.25) is 19.7 Å². The highest BCUT2D eigenvalue weighted by Crippen LogP contribution is 2.52. The Labute approximate surface area is 125 Å². The van der Waals surface area contributed by atoms with E-state index in [-0.39, 0.29) is 23.6 Å². The van der Waals surface area contributed by atoms with Crippen LogP contribution < -0.4 is 4.90 Å². The molecule has 3 aliphatic heterocycles. The van der Waals surface area contributed by atoms with Crippen LogP contribution in [0.15, 0.2) is 36.4 Å². The van der Waals surface area contributed by atoms with Crippen LogP contribution in [0.3, 0.4) is 0 Å². The molecule has 2 fully saturated rings. The van der Waals surface area contributed by atoms with E-state index in [1.54, 1.807) is 6.92 Å². The van der Waals surface area contributed by atoms with Crippen LogP contribution in [0.4, 0.5) is 11.4 Å². The lowest BCUT2D eigenvalue weighted by atomic mass is 9.78. The number of rotatable bonds is 2. The van der Waals surface area contributed by atoms with Crippen LogP contribution in [-0.4, -0.2) is 28.4 Å². The van der Waals surface area contributed by atoms with Crippen LogP contribution in [0, 0.1) is 22.0 Å². The molecule has 7 nitrogen and oxygen atoms in total. The summed E-state index contributed by atoms with van der Waals surface area (Å²) in [6, 6.07) is 5.42. The molecule has 22 heavy (non-hydrogen) atoms. The third kappa shape index (κ3) is 1.48. The Balaban J connectivity index is 1.71. The Bertz CT molecular complexity index is 741. The van der Waals surface area contributed by atoms with Crippen molar-refractivity contribution in [1.82, 2.24) is 0 Å². The Kier molecular flexibility index (Phi) is 2.40. The summed E-state index contributed by atoms with van der Waals surface area (Å²) in [6.45, 7) is 1.80. The number of nitro groups is 1. The van der Waals surface area contributed by atoms with E-state index < -0.39 is 22.4 Å². The Hall–Kier alpha value is -2.54. The lowest BCUT2D eigenvalue weighted by Gasteiger charge is -2.24. The Morgan fingerprint density at radius 3 is 2.50 bits per heavy atom. The first-order valence-corrected chi connectivity index (χ1v) is 6.92. The number of hydrogen-bond acceptors (Lipinski definition) is 5. The third-order valence-corrected chi connectivity index (χ3v) is 4.65. The average Bonchev–Trinajstić information content (AvgIpc) is 3.08. The molecule has 0 aliphatic carbocycles. The van der Waals surface area contributed by atoms with Crippen LogP contribution in [-0.2, 0) is 14.3 Å². The first kappa shape index (κ1) is 13.1. The van der Waals surface area contributed by atoms with Gasteiger partial charge in [0.05, 0.1) is 34.2 Å². The predicted octanol–water partition coefficient (Wildman–Crippen LogP) is 1.43. The maximum atomic E-state index is 12.7. The highest BCUT2D eigenvalue weighted by atomic mass is 16.6. The van der Waals surface area contributed by atoms with Gasteiger partial charge in [0.1, 0.15) is 0 Å². The van der Waals surface area contributed by atoms with E-state index in [9.17, 15) is 19.7 Å². The number of hydrogen-bond donors (Lipinski definition) is 0. The monoisotopic (exact) mass is 300 g/mol. The van der Waals surface area contributed by atoms with Gasteiger partial charge >= 0.3 is 0 Å². The second kappa shape index (κ2) is 4.01. The van der Waals surface area contributed by atoms with E-state index in [4.69, 9.17) is 4.74 Å². The fraction of sp³-hybridized carbons (Fsp3) is 0.333. The van der Waals surface area contributed by atoms with Gasteiger partial charge in [0.25, 0.3) is 5.69 Å². The maximum absolute atomic E-state index is 12.7. The van der Waals surface area contributed by atoms with Crippen molar-refractivity contribution >= 4 is 23.2 Å². The van der Waals surface area contributed by atoms with E-state index in [1.165, 1.54) is 24.3 Å². The minimum absolute atomic E-state index is 0.0833. The van der Waals surface area contributed by atoms with Gasteiger partial charge in [-0.25, -0.2) is 4.90 Å². The van der Waals surface area contributed by atoms with Crippen LogP contribution in [0.1, 0.15) is 6.92 Å². The molecule has 112 valence electrons. The number of benzene rings is 1. The second-order valence-corrected chi connectivity index (χ2v) is 5.91. The van der Waals surface area contributed by atoms with E-state index >= 15 is 0 Å². The van der Waals surface area contributed by atoms with Crippen LogP contribution in [0.5, 0.6) is 0 Å². The SMILES string of the molecule is C[C@@]12C=C[C@@H](O1)[C@@H]1C(=O)N(c3ccc([N+](=O)[O-])cc3)C(=O)[C@@H]12. The highest BCUT2D eigenvalue weighted by molar-refractivity contribution is 6.23. The fourth-order valence-corrected chi connectivity index (χ4v) is 3.63. The van der Waals surface area contributed by atoms with Crippen molar-refractivity contribution in [3.63, 3.8) is 0 Å². The molecule has 0 unspecified atom stereocenters. The lowest BCUT2D eigenvalue weighted by molar-refractivity contribution is -0.384. The molecule has 1 aromatic rings. The Morgan fingerprint density at radius 1 is 1.23 bits per heavy atom. The summed E-state index contributed by atoms with van der Waals surface area (Å²) in [5, 5.41) is 10.7. The summed E-state index contributed by atoms with van der Waals surface area (Å²) in [7, 11) is 0. The molecule has 0 aromatic heterocycles. The zero-order valence-electron chi connectivity index (χ0n) is 11.6. The van der Waals surface area contributed by atoms with Gasteiger partial charge in [-0.2, -0.15) is 0 Å². The predicted molar refractivity (Wildman–Crippen MR) is 75.0 cm³/mol. The van der Waals surface area contributed by atoms with Crippen molar-refractivity contribution < 1.29 is 19.2 Å². The molecule has 1 aromatic carbocycles. The minimum Gasteiger partial charge on any atom is -0.362 e. The summed E-state index contributed by atoms with van der Waals surface area (Å²) in [6.07, 6.45) is 3.30. The van der Waals surface area contributed by atoms with Crippen molar-refractivity contribution in [2.24, 2.45) is 11.8 Å².